The molecule has 1 heterocycles. The van der Waals surface area contributed by atoms with E-state index in [1.54, 1.807) is 12.1 Å². The molecule has 5 nitrogen and oxygen atoms in total. The van der Waals surface area contributed by atoms with E-state index in [4.69, 9.17) is 16.2 Å². The fraction of sp³-hybridized carbons (Fsp3) is 0.188. The summed E-state index contributed by atoms with van der Waals surface area (Å²) in [5, 5.41) is 0. The summed E-state index contributed by atoms with van der Waals surface area (Å²) in [6.45, 7) is 1.42. The van der Waals surface area contributed by atoms with Crippen molar-refractivity contribution in [3.8, 4) is 5.75 Å². The number of nitrogens with zero attached hydrogens (tertiary/aromatic N) is 1. The predicted molar refractivity (Wildman–Crippen MR) is 82.9 cm³/mol. The Kier molecular flexibility index (Phi) is 3.39. The van der Waals surface area contributed by atoms with E-state index in [0.29, 0.717) is 17.9 Å². The summed E-state index contributed by atoms with van der Waals surface area (Å²) >= 11 is 0. The molecule has 0 fully saturated rings. The minimum Gasteiger partial charge on any atom is -0.491 e. The molecule has 5 heteroatoms. The van der Waals surface area contributed by atoms with Crippen LogP contribution in [0.5, 0.6) is 5.75 Å². The smallest absolute Gasteiger partial charge is 0.250 e. The van der Waals surface area contributed by atoms with Crippen LogP contribution in [0.15, 0.2) is 42.5 Å². The third-order valence-electron chi connectivity index (χ3n) is 3.58. The van der Waals surface area contributed by atoms with Crippen molar-refractivity contribution in [3.63, 3.8) is 0 Å². The van der Waals surface area contributed by atoms with Gasteiger partial charge in [0.1, 0.15) is 5.75 Å². The first kappa shape index (κ1) is 13.3. The number of rotatable bonds is 2. The molecule has 0 radical (unpaired) electrons. The Labute approximate surface area is 123 Å². The molecule has 0 bridgehead atoms. The second-order valence-electron chi connectivity index (χ2n) is 4.92. The van der Waals surface area contributed by atoms with Gasteiger partial charge in [0.15, 0.2) is 0 Å². The van der Waals surface area contributed by atoms with E-state index < -0.39 is 5.91 Å². The molecule has 2 aromatic carbocycles. The monoisotopic (exact) mass is 283 g/mol. The lowest BCUT2D eigenvalue weighted by atomic mass is 10.1. The lowest BCUT2D eigenvalue weighted by molar-refractivity contribution is 0.100. The number of hydrogen-bond acceptors (Lipinski definition) is 4. The summed E-state index contributed by atoms with van der Waals surface area (Å²) in [4.78, 5) is 13.5. The molecule has 2 aromatic rings. The van der Waals surface area contributed by atoms with Gasteiger partial charge in [0.2, 0.25) is 0 Å². The van der Waals surface area contributed by atoms with Crippen molar-refractivity contribution in [2.24, 2.45) is 5.73 Å². The van der Waals surface area contributed by atoms with E-state index >= 15 is 0 Å². The number of anilines is 3. The highest BCUT2D eigenvalue weighted by Crippen LogP contribution is 2.38. The van der Waals surface area contributed by atoms with Crippen LogP contribution in [0.25, 0.3) is 0 Å². The van der Waals surface area contributed by atoms with Gasteiger partial charge in [0.05, 0.1) is 29.2 Å². The molecule has 1 amide bonds. The fourth-order valence-electron chi connectivity index (χ4n) is 2.58. The van der Waals surface area contributed by atoms with E-state index in [1.165, 1.54) is 0 Å². The van der Waals surface area contributed by atoms with Crippen molar-refractivity contribution in [2.75, 3.05) is 23.8 Å². The van der Waals surface area contributed by atoms with Crippen LogP contribution in [0.4, 0.5) is 17.1 Å². The first-order chi connectivity index (χ1) is 10.2. The van der Waals surface area contributed by atoms with Gasteiger partial charge in [0, 0.05) is 6.54 Å². The quantitative estimate of drug-likeness (QED) is 0.828. The van der Waals surface area contributed by atoms with Crippen molar-refractivity contribution in [1.82, 2.24) is 0 Å². The maximum atomic E-state index is 11.5. The maximum Gasteiger partial charge on any atom is 0.250 e. The Morgan fingerprint density at radius 2 is 1.86 bits per heavy atom. The number of carbonyl (C=O) groups is 1. The van der Waals surface area contributed by atoms with Crippen LogP contribution in [0.2, 0.25) is 0 Å². The number of para-hydroxylation sites is 3. The zero-order valence-corrected chi connectivity index (χ0v) is 11.6. The Morgan fingerprint density at radius 1 is 1.10 bits per heavy atom. The Morgan fingerprint density at radius 3 is 2.67 bits per heavy atom. The van der Waals surface area contributed by atoms with E-state index in [0.717, 1.165) is 30.1 Å². The highest BCUT2D eigenvalue weighted by atomic mass is 16.5. The first-order valence-corrected chi connectivity index (χ1v) is 6.86. The van der Waals surface area contributed by atoms with E-state index in [1.807, 2.05) is 30.3 Å². The van der Waals surface area contributed by atoms with Crippen LogP contribution in [0.3, 0.4) is 0 Å². The van der Waals surface area contributed by atoms with Crippen molar-refractivity contribution in [2.45, 2.75) is 6.42 Å². The van der Waals surface area contributed by atoms with Crippen molar-refractivity contribution in [3.05, 3.63) is 48.0 Å². The SMILES string of the molecule is NC(=O)c1cccc(N2CCCOc3ccccc32)c1N. The van der Waals surface area contributed by atoms with Crippen LogP contribution >= 0.6 is 0 Å². The molecular formula is C16H17N3O2. The number of fused-ring (bicyclic) bond motifs is 1. The van der Waals surface area contributed by atoms with Crippen molar-refractivity contribution >= 4 is 23.0 Å². The first-order valence-electron chi connectivity index (χ1n) is 6.86. The zero-order valence-electron chi connectivity index (χ0n) is 11.6. The van der Waals surface area contributed by atoms with Crippen molar-refractivity contribution < 1.29 is 9.53 Å². The van der Waals surface area contributed by atoms with Gasteiger partial charge < -0.3 is 21.1 Å². The summed E-state index contributed by atoms with van der Waals surface area (Å²) in [5.74, 6) is 0.299. The summed E-state index contributed by atoms with van der Waals surface area (Å²) in [7, 11) is 0. The Balaban J connectivity index is 2.12. The predicted octanol–water partition coefficient (Wildman–Crippen LogP) is 2.29. The van der Waals surface area contributed by atoms with Gasteiger partial charge >= 0.3 is 0 Å². The minimum absolute atomic E-state index is 0.343. The molecule has 21 heavy (non-hydrogen) atoms. The van der Waals surface area contributed by atoms with Crippen molar-refractivity contribution in [1.29, 1.82) is 0 Å². The molecule has 0 saturated carbocycles. The number of hydrogen-bond donors (Lipinski definition) is 2. The molecule has 0 aromatic heterocycles. The van der Waals surface area contributed by atoms with Crippen LogP contribution in [-0.2, 0) is 0 Å². The average Bonchev–Trinajstić information content (AvgIpc) is 2.69. The van der Waals surface area contributed by atoms with Crippen LogP contribution < -0.4 is 21.1 Å². The topological polar surface area (TPSA) is 81.6 Å². The molecule has 0 spiro atoms. The molecule has 0 saturated heterocycles. The van der Waals surface area contributed by atoms with Gasteiger partial charge in [-0.25, -0.2) is 0 Å². The average molecular weight is 283 g/mol. The highest BCUT2D eigenvalue weighted by molar-refractivity contribution is 6.01. The largest absolute Gasteiger partial charge is 0.491 e. The van der Waals surface area contributed by atoms with Gasteiger partial charge in [-0.05, 0) is 30.7 Å². The van der Waals surface area contributed by atoms with Crippen LogP contribution in [-0.4, -0.2) is 19.1 Å². The molecular weight excluding hydrogens is 266 g/mol. The second kappa shape index (κ2) is 5.36. The van der Waals surface area contributed by atoms with E-state index in [9.17, 15) is 4.79 Å². The van der Waals surface area contributed by atoms with Gasteiger partial charge in [-0.2, -0.15) is 0 Å². The molecule has 0 atom stereocenters. The molecule has 0 unspecified atom stereocenters. The summed E-state index contributed by atoms with van der Waals surface area (Å²) in [6, 6.07) is 13.1. The summed E-state index contributed by atoms with van der Waals surface area (Å²) in [5.41, 5.74) is 14.0. The van der Waals surface area contributed by atoms with Gasteiger partial charge in [-0.3, -0.25) is 4.79 Å². The molecule has 1 aliphatic heterocycles. The van der Waals surface area contributed by atoms with Crippen LogP contribution in [0, 0.1) is 0 Å². The van der Waals surface area contributed by atoms with Gasteiger partial charge in [-0.1, -0.05) is 18.2 Å². The Bertz CT molecular complexity index is 685. The number of benzene rings is 2. The number of nitrogen functional groups attached to an aromatic ring is 1. The number of primary amides is 1. The van der Waals surface area contributed by atoms with Gasteiger partial charge in [-0.15, -0.1) is 0 Å². The lowest BCUT2D eigenvalue weighted by Gasteiger charge is -2.25. The third-order valence-corrected chi connectivity index (χ3v) is 3.58. The van der Waals surface area contributed by atoms with E-state index in [2.05, 4.69) is 4.90 Å². The number of ether oxygens (including phenoxy) is 1. The number of carbonyl (C=O) groups excluding carboxylic acids is 1. The fourth-order valence-corrected chi connectivity index (χ4v) is 2.58. The lowest BCUT2D eigenvalue weighted by Crippen LogP contribution is -2.21. The maximum absolute atomic E-state index is 11.5. The number of amides is 1. The molecule has 1 aliphatic rings. The number of nitrogens with two attached hydrogens (primary N) is 2. The molecule has 4 N–H and O–H groups in total. The molecule has 3 rings (SSSR count). The third kappa shape index (κ3) is 2.38. The standard InChI is InChI=1S/C16H17N3O2/c17-15-11(16(18)20)5-3-7-13(15)19-9-4-10-21-14-8-2-1-6-12(14)19/h1-3,5-8H,4,9-10,17H2,(H2,18,20). The normalized spacial score (nSPS) is 14.0. The van der Waals surface area contributed by atoms with E-state index in [-0.39, 0.29) is 0 Å². The highest BCUT2D eigenvalue weighted by Gasteiger charge is 2.21. The summed E-state index contributed by atoms with van der Waals surface area (Å²) < 4.78 is 5.74. The second-order valence-corrected chi connectivity index (χ2v) is 4.92. The molecule has 0 aliphatic carbocycles. The zero-order chi connectivity index (χ0) is 14.8. The minimum atomic E-state index is -0.520. The van der Waals surface area contributed by atoms with Crippen LogP contribution in [0.1, 0.15) is 16.8 Å². The Hall–Kier alpha value is -2.69. The van der Waals surface area contributed by atoms with Gasteiger partial charge in [0.25, 0.3) is 5.91 Å². The molecule has 108 valence electrons. The summed E-state index contributed by atoms with van der Waals surface area (Å²) in [6.07, 6.45) is 0.870.